The first-order valence-corrected chi connectivity index (χ1v) is 2.21. The predicted octanol–water partition coefficient (Wildman–Crippen LogP) is -0.546. The molecular weight excluding hydrogens is 269 g/mol. The Morgan fingerprint density at radius 1 is 1.00 bits per heavy atom. The average molecular weight is 280 g/mol. The molecule has 1 aliphatic heterocycles. The molecule has 0 aromatic heterocycles. The van der Waals surface area contributed by atoms with Crippen molar-refractivity contribution in [2.24, 2.45) is 0 Å². The Morgan fingerprint density at radius 3 is 1.67 bits per heavy atom. The third kappa shape index (κ3) is 2.13. The topological polar surface area (TPSA) is 12.0 Å². The molecule has 0 aliphatic carbocycles. The van der Waals surface area contributed by atoms with Crippen LogP contribution in [-0.4, -0.2) is 40.4 Å². The van der Waals surface area contributed by atoms with Crippen molar-refractivity contribution in [1.82, 2.24) is 5.32 Å². The standard InChI is InChI=1S/C4H9N.Pb.2H/c1-2-4-5-3-1;;;/h5H,1-4H2;;;. The molecule has 1 N–H and O–H groups in total. The van der Waals surface area contributed by atoms with E-state index in [1.54, 1.807) is 0 Å². The van der Waals surface area contributed by atoms with Crippen molar-refractivity contribution < 1.29 is 0 Å². The molecule has 36 valence electrons. The van der Waals surface area contributed by atoms with Gasteiger partial charge in [-0.05, 0) is 25.9 Å². The minimum atomic E-state index is 0. The Morgan fingerprint density at radius 2 is 1.50 bits per heavy atom. The van der Waals surface area contributed by atoms with Crippen molar-refractivity contribution in [3.63, 3.8) is 0 Å². The van der Waals surface area contributed by atoms with Gasteiger partial charge in [0.15, 0.2) is 0 Å². The van der Waals surface area contributed by atoms with Gasteiger partial charge in [0, 0.05) is 0 Å². The van der Waals surface area contributed by atoms with Crippen LogP contribution in [0.15, 0.2) is 0 Å². The fraction of sp³-hybridized carbons (Fsp3) is 1.00. The van der Waals surface area contributed by atoms with Crippen LogP contribution >= 0.6 is 0 Å². The molecule has 0 spiro atoms. The zero-order valence-electron chi connectivity index (χ0n) is 4.04. The van der Waals surface area contributed by atoms with Crippen LogP contribution in [0.3, 0.4) is 0 Å². The van der Waals surface area contributed by atoms with Crippen molar-refractivity contribution in [3.8, 4) is 0 Å². The molecule has 0 bridgehead atoms. The van der Waals surface area contributed by atoms with Crippen LogP contribution in [0.25, 0.3) is 0 Å². The van der Waals surface area contributed by atoms with E-state index in [1.165, 1.54) is 25.9 Å². The molecule has 1 heterocycles. The predicted molar refractivity (Wildman–Crippen MR) is 30.6 cm³/mol. The van der Waals surface area contributed by atoms with E-state index in [0.717, 1.165) is 0 Å². The van der Waals surface area contributed by atoms with Gasteiger partial charge in [0.05, 0.1) is 0 Å². The number of hydrogen-bond donors (Lipinski definition) is 1. The maximum absolute atomic E-state index is 3.22. The zero-order valence-corrected chi connectivity index (χ0v) is 9.53. The molecule has 0 atom stereocenters. The molecule has 0 unspecified atom stereocenters. The van der Waals surface area contributed by atoms with Gasteiger partial charge in [0.1, 0.15) is 0 Å². The van der Waals surface area contributed by atoms with Crippen LogP contribution in [0.5, 0.6) is 0 Å². The van der Waals surface area contributed by atoms with Crippen molar-refractivity contribution in [3.05, 3.63) is 0 Å². The quantitative estimate of drug-likeness (QED) is 0.587. The Kier molecular flexibility index (Phi) is 4.65. The van der Waals surface area contributed by atoms with Crippen LogP contribution in [0.2, 0.25) is 0 Å². The van der Waals surface area contributed by atoms with Crippen molar-refractivity contribution in [2.45, 2.75) is 12.8 Å². The molecule has 1 aliphatic rings. The molecule has 1 nitrogen and oxygen atoms in total. The van der Waals surface area contributed by atoms with Gasteiger partial charge in [-0.15, -0.1) is 0 Å². The van der Waals surface area contributed by atoms with Gasteiger partial charge in [-0.25, -0.2) is 0 Å². The van der Waals surface area contributed by atoms with Crippen LogP contribution in [0, 0.1) is 0 Å². The van der Waals surface area contributed by atoms with Crippen LogP contribution in [0.4, 0.5) is 0 Å². The van der Waals surface area contributed by atoms with Gasteiger partial charge in [-0.1, -0.05) is 0 Å². The third-order valence-corrected chi connectivity index (χ3v) is 0.957. The summed E-state index contributed by atoms with van der Waals surface area (Å²) in [5.41, 5.74) is 0. The van der Waals surface area contributed by atoms with E-state index in [0.29, 0.717) is 0 Å². The van der Waals surface area contributed by atoms with Gasteiger partial charge in [-0.3, -0.25) is 0 Å². The number of nitrogens with one attached hydrogen (secondary N) is 1. The summed E-state index contributed by atoms with van der Waals surface area (Å²) in [5.74, 6) is 0. The fourth-order valence-corrected chi connectivity index (χ4v) is 0.625. The molecule has 0 amide bonds. The first kappa shape index (κ1) is 6.88. The van der Waals surface area contributed by atoms with Crippen molar-refractivity contribution >= 4 is 27.3 Å². The van der Waals surface area contributed by atoms with E-state index in [4.69, 9.17) is 0 Å². The first-order chi connectivity index (χ1) is 2.50. The van der Waals surface area contributed by atoms with Gasteiger partial charge in [0.25, 0.3) is 0 Å². The van der Waals surface area contributed by atoms with Crippen LogP contribution in [0.1, 0.15) is 12.8 Å². The second kappa shape index (κ2) is 4.05. The molecule has 1 saturated heterocycles. The summed E-state index contributed by atoms with van der Waals surface area (Å²) in [6, 6.07) is 0. The first-order valence-electron chi connectivity index (χ1n) is 2.21. The van der Waals surface area contributed by atoms with Crippen molar-refractivity contribution in [1.29, 1.82) is 0 Å². The maximum atomic E-state index is 3.22. The summed E-state index contributed by atoms with van der Waals surface area (Å²) in [7, 11) is 0. The Labute approximate surface area is 58.7 Å². The monoisotopic (exact) mass is 281 g/mol. The molecule has 0 aromatic rings. The fourth-order valence-electron chi connectivity index (χ4n) is 0.625. The third-order valence-electron chi connectivity index (χ3n) is 0.957. The van der Waals surface area contributed by atoms with Crippen molar-refractivity contribution in [2.75, 3.05) is 13.1 Å². The summed E-state index contributed by atoms with van der Waals surface area (Å²) in [6.07, 6.45) is 2.78. The van der Waals surface area contributed by atoms with Crippen LogP contribution < -0.4 is 5.32 Å². The molecule has 1 fully saturated rings. The zero-order chi connectivity index (χ0) is 3.54. The van der Waals surface area contributed by atoms with Crippen LogP contribution in [-0.2, 0) is 0 Å². The molecular formula is C4H11NPb. The second-order valence-electron chi connectivity index (χ2n) is 1.46. The number of rotatable bonds is 0. The Bertz CT molecular complexity index is 19.1. The average Bonchev–Trinajstić information content (AvgIpc) is 1.76. The Hall–Kier alpha value is 0.882. The molecule has 1 rings (SSSR count). The SMILES string of the molecule is C1CCNC1.[PbH2]. The summed E-state index contributed by atoms with van der Waals surface area (Å²) in [5, 5.41) is 3.22. The summed E-state index contributed by atoms with van der Waals surface area (Å²) in [4.78, 5) is 0. The van der Waals surface area contributed by atoms with Gasteiger partial charge >= 0.3 is 27.3 Å². The van der Waals surface area contributed by atoms with Gasteiger partial charge in [-0.2, -0.15) is 0 Å². The minimum absolute atomic E-state index is 0. The summed E-state index contributed by atoms with van der Waals surface area (Å²) < 4.78 is 0. The number of hydrogen-bond acceptors (Lipinski definition) is 1. The van der Waals surface area contributed by atoms with E-state index in [1.807, 2.05) is 0 Å². The Balaban J connectivity index is 0.000000250. The van der Waals surface area contributed by atoms with E-state index >= 15 is 0 Å². The van der Waals surface area contributed by atoms with E-state index in [2.05, 4.69) is 5.32 Å². The van der Waals surface area contributed by atoms with E-state index < -0.39 is 0 Å². The molecule has 2 radical (unpaired) electrons. The second-order valence-corrected chi connectivity index (χ2v) is 1.46. The molecule has 6 heavy (non-hydrogen) atoms. The summed E-state index contributed by atoms with van der Waals surface area (Å²) >= 11 is 0. The van der Waals surface area contributed by atoms with E-state index in [9.17, 15) is 0 Å². The molecule has 0 aromatic carbocycles. The normalized spacial score (nSPS) is 20.0. The van der Waals surface area contributed by atoms with Gasteiger partial charge in [0.2, 0.25) is 0 Å². The van der Waals surface area contributed by atoms with Gasteiger partial charge < -0.3 is 5.32 Å². The molecule has 2 heteroatoms. The summed E-state index contributed by atoms with van der Waals surface area (Å²) in [6.45, 7) is 2.50. The molecule has 0 saturated carbocycles. The van der Waals surface area contributed by atoms with E-state index in [-0.39, 0.29) is 27.3 Å².